The van der Waals surface area contributed by atoms with Gasteiger partial charge in [0.15, 0.2) is 0 Å². The molecule has 0 aliphatic heterocycles. The van der Waals surface area contributed by atoms with Crippen molar-refractivity contribution >= 4 is 5.91 Å². The smallest absolute Gasteiger partial charge is 0.220 e. The normalized spacial score (nSPS) is 27.2. The lowest BCUT2D eigenvalue weighted by Crippen LogP contribution is -2.61. The van der Waals surface area contributed by atoms with Crippen molar-refractivity contribution in [2.45, 2.75) is 45.3 Å². The molecule has 1 rings (SSSR count). The number of methoxy groups -OCH3 is 1. The van der Waals surface area contributed by atoms with Crippen LogP contribution >= 0.6 is 0 Å². The Morgan fingerprint density at radius 1 is 1.50 bits per heavy atom. The van der Waals surface area contributed by atoms with Crippen molar-refractivity contribution in [2.24, 2.45) is 5.41 Å². The van der Waals surface area contributed by atoms with E-state index in [1.807, 2.05) is 7.05 Å². The molecule has 0 aromatic carbocycles. The lowest BCUT2D eigenvalue weighted by Gasteiger charge is -2.51. The van der Waals surface area contributed by atoms with E-state index in [2.05, 4.69) is 24.5 Å². The maximum absolute atomic E-state index is 11.6. The topological polar surface area (TPSA) is 50.4 Å². The highest BCUT2D eigenvalue weighted by molar-refractivity contribution is 5.76. The predicted octanol–water partition coefficient (Wildman–Crippen LogP) is 0.916. The zero-order valence-corrected chi connectivity index (χ0v) is 10.8. The maximum Gasteiger partial charge on any atom is 0.220 e. The maximum atomic E-state index is 11.6. The third-order valence-corrected chi connectivity index (χ3v) is 3.63. The van der Waals surface area contributed by atoms with Gasteiger partial charge in [-0.25, -0.2) is 0 Å². The second-order valence-corrected chi connectivity index (χ2v) is 5.11. The highest BCUT2D eigenvalue weighted by Crippen LogP contribution is 2.42. The first-order chi connectivity index (χ1) is 7.52. The molecule has 2 unspecified atom stereocenters. The summed E-state index contributed by atoms with van der Waals surface area (Å²) in [4.78, 5) is 11.6. The van der Waals surface area contributed by atoms with Crippen molar-refractivity contribution in [1.29, 1.82) is 0 Å². The van der Waals surface area contributed by atoms with Crippen LogP contribution in [0.15, 0.2) is 0 Å². The van der Waals surface area contributed by atoms with Crippen molar-refractivity contribution in [1.82, 2.24) is 10.6 Å². The van der Waals surface area contributed by atoms with Crippen molar-refractivity contribution < 1.29 is 9.53 Å². The molecule has 1 saturated carbocycles. The molecule has 2 atom stereocenters. The number of amides is 1. The first-order valence-corrected chi connectivity index (χ1v) is 5.99. The predicted molar refractivity (Wildman–Crippen MR) is 64.3 cm³/mol. The van der Waals surface area contributed by atoms with Gasteiger partial charge in [-0.2, -0.15) is 0 Å². The van der Waals surface area contributed by atoms with E-state index in [9.17, 15) is 4.79 Å². The van der Waals surface area contributed by atoms with Gasteiger partial charge in [0.2, 0.25) is 5.91 Å². The van der Waals surface area contributed by atoms with Gasteiger partial charge in [-0.05, 0) is 26.4 Å². The fourth-order valence-corrected chi connectivity index (χ4v) is 2.22. The first kappa shape index (κ1) is 13.5. The zero-order chi connectivity index (χ0) is 12.2. The number of carbonyl (C=O) groups is 1. The van der Waals surface area contributed by atoms with Crippen LogP contribution in [0.1, 0.15) is 33.1 Å². The van der Waals surface area contributed by atoms with Gasteiger partial charge in [0, 0.05) is 25.0 Å². The Bertz CT molecular complexity index is 241. The summed E-state index contributed by atoms with van der Waals surface area (Å²) in [5.41, 5.74) is 0.0629. The van der Waals surface area contributed by atoms with Gasteiger partial charge in [0.25, 0.3) is 0 Å². The standard InChI is InChI=1S/C12H24N2O2/c1-12(2)9(8-10(12)16-4)14-11(15)6-5-7-13-3/h9-10,13H,5-8H2,1-4H3,(H,14,15). The monoisotopic (exact) mass is 228 g/mol. The van der Waals surface area contributed by atoms with E-state index in [0.29, 0.717) is 6.42 Å². The molecule has 0 spiro atoms. The number of ether oxygens (including phenoxy) is 1. The molecule has 1 aliphatic rings. The summed E-state index contributed by atoms with van der Waals surface area (Å²) in [6.07, 6.45) is 2.70. The molecule has 0 aromatic heterocycles. The average molecular weight is 228 g/mol. The summed E-state index contributed by atoms with van der Waals surface area (Å²) in [6, 6.07) is 0.263. The van der Waals surface area contributed by atoms with Crippen LogP contribution in [-0.4, -0.2) is 38.8 Å². The molecule has 4 heteroatoms. The Morgan fingerprint density at radius 2 is 2.19 bits per heavy atom. The van der Waals surface area contributed by atoms with Crippen molar-refractivity contribution in [3.05, 3.63) is 0 Å². The molecule has 0 saturated heterocycles. The lowest BCUT2D eigenvalue weighted by molar-refractivity contribution is -0.132. The average Bonchev–Trinajstić information content (AvgIpc) is 2.24. The molecule has 16 heavy (non-hydrogen) atoms. The van der Waals surface area contributed by atoms with Crippen molar-refractivity contribution in [2.75, 3.05) is 20.7 Å². The van der Waals surface area contributed by atoms with Crippen LogP contribution in [0.2, 0.25) is 0 Å². The third kappa shape index (κ3) is 2.95. The second-order valence-electron chi connectivity index (χ2n) is 5.11. The summed E-state index contributed by atoms with van der Waals surface area (Å²) < 4.78 is 5.35. The molecular formula is C12H24N2O2. The van der Waals surface area contributed by atoms with Crippen molar-refractivity contribution in [3.8, 4) is 0 Å². The minimum Gasteiger partial charge on any atom is -0.381 e. The Hall–Kier alpha value is -0.610. The van der Waals surface area contributed by atoms with Gasteiger partial charge in [-0.15, -0.1) is 0 Å². The summed E-state index contributed by atoms with van der Waals surface area (Å²) in [5.74, 6) is 0.155. The minimum atomic E-state index is 0.0629. The minimum absolute atomic E-state index is 0.0629. The van der Waals surface area contributed by atoms with Crippen LogP contribution in [0.3, 0.4) is 0 Å². The summed E-state index contributed by atoms with van der Waals surface area (Å²) in [6.45, 7) is 5.18. The van der Waals surface area contributed by atoms with Gasteiger partial charge < -0.3 is 15.4 Å². The van der Waals surface area contributed by atoms with Gasteiger partial charge in [0.1, 0.15) is 0 Å². The van der Waals surface area contributed by atoms with E-state index < -0.39 is 0 Å². The quantitative estimate of drug-likeness (QED) is 0.665. The largest absolute Gasteiger partial charge is 0.381 e. The second kappa shape index (κ2) is 5.64. The lowest BCUT2D eigenvalue weighted by atomic mass is 9.64. The molecule has 94 valence electrons. The molecule has 2 N–H and O–H groups in total. The number of hydrogen-bond acceptors (Lipinski definition) is 3. The van der Waals surface area contributed by atoms with Crippen LogP contribution < -0.4 is 10.6 Å². The molecule has 1 fully saturated rings. The SMILES string of the molecule is CNCCCC(=O)NC1CC(OC)C1(C)C. The van der Waals surface area contributed by atoms with E-state index in [4.69, 9.17) is 4.74 Å². The van der Waals surface area contributed by atoms with E-state index >= 15 is 0 Å². The molecule has 0 radical (unpaired) electrons. The van der Waals surface area contributed by atoms with Gasteiger partial charge in [-0.3, -0.25) is 4.79 Å². The van der Waals surface area contributed by atoms with Gasteiger partial charge in [-0.1, -0.05) is 13.8 Å². The fraction of sp³-hybridized carbons (Fsp3) is 0.917. The molecule has 0 aromatic rings. The van der Waals surface area contributed by atoms with Crippen LogP contribution in [0.25, 0.3) is 0 Å². The van der Waals surface area contributed by atoms with Gasteiger partial charge in [0.05, 0.1) is 6.10 Å². The summed E-state index contributed by atoms with van der Waals surface area (Å²) in [5, 5.41) is 6.12. The Labute approximate surface area is 98.1 Å². The van der Waals surface area contributed by atoms with Crippen LogP contribution in [0, 0.1) is 5.41 Å². The fourth-order valence-electron chi connectivity index (χ4n) is 2.22. The van der Waals surface area contributed by atoms with Gasteiger partial charge >= 0.3 is 0 Å². The highest BCUT2D eigenvalue weighted by Gasteiger charge is 2.49. The van der Waals surface area contributed by atoms with Crippen LogP contribution in [0.5, 0.6) is 0 Å². The van der Waals surface area contributed by atoms with Crippen LogP contribution in [-0.2, 0) is 9.53 Å². The van der Waals surface area contributed by atoms with Crippen molar-refractivity contribution in [3.63, 3.8) is 0 Å². The summed E-state index contributed by atoms with van der Waals surface area (Å²) in [7, 11) is 3.63. The number of carbonyl (C=O) groups excluding carboxylic acids is 1. The first-order valence-electron chi connectivity index (χ1n) is 5.99. The number of hydrogen-bond donors (Lipinski definition) is 2. The molecule has 1 amide bonds. The number of rotatable bonds is 6. The van der Waals surface area contributed by atoms with E-state index in [-0.39, 0.29) is 23.5 Å². The zero-order valence-electron chi connectivity index (χ0n) is 10.8. The molecular weight excluding hydrogens is 204 g/mol. The molecule has 1 aliphatic carbocycles. The third-order valence-electron chi connectivity index (χ3n) is 3.63. The highest BCUT2D eigenvalue weighted by atomic mass is 16.5. The van der Waals surface area contributed by atoms with E-state index in [0.717, 1.165) is 19.4 Å². The summed E-state index contributed by atoms with van der Waals surface area (Å²) >= 11 is 0. The van der Waals surface area contributed by atoms with E-state index in [1.54, 1.807) is 7.11 Å². The Balaban J connectivity index is 2.26. The molecule has 4 nitrogen and oxygen atoms in total. The number of nitrogens with one attached hydrogen (secondary N) is 2. The van der Waals surface area contributed by atoms with Crippen LogP contribution in [0.4, 0.5) is 0 Å². The van der Waals surface area contributed by atoms with E-state index in [1.165, 1.54) is 0 Å². The molecule has 0 heterocycles. The Kier molecular flexibility index (Phi) is 4.74. The Morgan fingerprint density at radius 3 is 2.69 bits per heavy atom. The molecule has 0 bridgehead atoms.